The summed E-state index contributed by atoms with van der Waals surface area (Å²) < 4.78 is 10.3. The molecule has 2 aromatic rings. The van der Waals surface area contributed by atoms with Crippen LogP contribution in [-0.2, 0) is 14.3 Å². The maximum absolute atomic E-state index is 12.3. The molecule has 7 heteroatoms. The van der Waals surface area contributed by atoms with Crippen molar-refractivity contribution < 1.29 is 29.5 Å². The van der Waals surface area contributed by atoms with E-state index in [2.05, 4.69) is 0 Å². The van der Waals surface area contributed by atoms with Crippen LogP contribution in [0.1, 0.15) is 33.5 Å². The Kier molecular flexibility index (Phi) is 4.30. The van der Waals surface area contributed by atoms with Crippen molar-refractivity contribution in [2.24, 2.45) is 0 Å². The third kappa shape index (κ3) is 2.76. The third-order valence-corrected chi connectivity index (χ3v) is 3.99. The number of fused-ring (bicyclic) bond motifs is 1. The highest BCUT2D eigenvalue weighted by Gasteiger charge is 2.41. The summed E-state index contributed by atoms with van der Waals surface area (Å²) in [7, 11) is 1.27. The van der Waals surface area contributed by atoms with Crippen molar-refractivity contribution in [3.8, 4) is 0 Å². The SMILES string of the molecule is COC(=O)[C@@H]1c2ccccc2C(=O)O[C@H]1c1ccc([NH+]([O-])O)cc1. The number of ether oxygens (including phenoxy) is 2. The Morgan fingerprint density at radius 2 is 1.88 bits per heavy atom. The Morgan fingerprint density at radius 3 is 2.50 bits per heavy atom. The van der Waals surface area contributed by atoms with Crippen molar-refractivity contribution in [3.05, 3.63) is 70.4 Å². The summed E-state index contributed by atoms with van der Waals surface area (Å²) >= 11 is 0. The summed E-state index contributed by atoms with van der Waals surface area (Å²) in [4.78, 5) is 24.5. The minimum atomic E-state index is -1.06. The molecule has 0 amide bonds. The van der Waals surface area contributed by atoms with Crippen LogP contribution in [0.25, 0.3) is 0 Å². The van der Waals surface area contributed by atoms with Crippen LogP contribution in [0.15, 0.2) is 48.5 Å². The Bertz CT molecular complexity index is 771. The maximum Gasteiger partial charge on any atom is 0.339 e. The van der Waals surface area contributed by atoms with Crippen molar-refractivity contribution >= 4 is 17.6 Å². The highest BCUT2D eigenvalue weighted by Crippen LogP contribution is 2.41. The van der Waals surface area contributed by atoms with E-state index in [-0.39, 0.29) is 5.69 Å². The van der Waals surface area contributed by atoms with E-state index in [1.54, 1.807) is 24.3 Å². The molecule has 0 aromatic heterocycles. The average Bonchev–Trinajstić information content (AvgIpc) is 2.61. The van der Waals surface area contributed by atoms with Gasteiger partial charge in [-0.3, -0.25) is 4.79 Å². The maximum atomic E-state index is 12.3. The predicted octanol–water partition coefficient (Wildman–Crippen LogP) is 1.26. The fourth-order valence-corrected chi connectivity index (χ4v) is 2.82. The second-order valence-corrected chi connectivity index (χ2v) is 5.34. The van der Waals surface area contributed by atoms with Crippen LogP contribution >= 0.6 is 0 Å². The van der Waals surface area contributed by atoms with Crippen LogP contribution in [0.4, 0.5) is 5.69 Å². The molecule has 0 bridgehead atoms. The Labute approximate surface area is 137 Å². The van der Waals surface area contributed by atoms with E-state index in [1.807, 2.05) is 0 Å². The van der Waals surface area contributed by atoms with Crippen LogP contribution in [0.5, 0.6) is 0 Å². The van der Waals surface area contributed by atoms with Crippen molar-refractivity contribution in [1.82, 2.24) is 0 Å². The summed E-state index contributed by atoms with van der Waals surface area (Å²) in [6.07, 6.45) is -0.873. The number of nitrogens with one attached hydrogen (secondary N) is 1. The van der Waals surface area contributed by atoms with Gasteiger partial charge in [0, 0.05) is 12.1 Å². The second-order valence-electron chi connectivity index (χ2n) is 5.34. The fraction of sp³-hybridized carbons (Fsp3) is 0.176. The first-order valence-corrected chi connectivity index (χ1v) is 7.24. The molecule has 0 spiro atoms. The van der Waals surface area contributed by atoms with E-state index in [0.29, 0.717) is 16.7 Å². The van der Waals surface area contributed by atoms with Gasteiger partial charge in [0.1, 0.15) is 12.0 Å². The molecule has 0 radical (unpaired) electrons. The highest BCUT2D eigenvalue weighted by atomic mass is 16.8. The van der Waals surface area contributed by atoms with Crippen molar-refractivity contribution in [3.63, 3.8) is 0 Å². The summed E-state index contributed by atoms with van der Waals surface area (Å²) in [5, 5.41) is 18.9. The topological polar surface area (TPSA) is 100 Å². The molecule has 1 heterocycles. The minimum absolute atomic E-state index is 0.107. The normalized spacial score (nSPS) is 20.7. The predicted molar refractivity (Wildman–Crippen MR) is 81.6 cm³/mol. The number of hydrogen-bond acceptors (Lipinski definition) is 6. The highest BCUT2D eigenvalue weighted by molar-refractivity contribution is 5.96. The number of rotatable bonds is 3. The van der Waals surface area contributed by atoms with Gasteiger partial charge in [-0.2, -0.15) is 5.23 Å². The smallest absolute Gasteiger partial charge is 0.339 e. The van der Waals surface area contributed by atoms with Crippen LogP contribution in [0, 0.1) is 5.21 Å². The zero-order valence-corrected chi connectivity index (χ0v) is 12.8. The fourth-order valence-electron chi connectivity index (χ4n) is 2.82. The standard InChI is InChI=1S/C17H15NO6/c1-23-17(20)14-12-4-2-3-5-13(12)16(19)24-15(14)10-6-8-11(9-7-10)18(21)22/h2-9,14-15,18,21H,1H3/t14-,15+/m1/s1. The lowest BCUT2D eigenvalue weighted by molar-refractivity contribution is -0.991. The van der Waals surface area contributed by atoms with Crippen molar-refractivity contribution in [2.45, 2.75) is 12.0 Å². The molecule has 3 rings (SSSR count). The van der Waals surface area contributed by atoms with Gasteiger partial charge < -0.3 is 14.7 Å². The molecule has 124 valence electrons. The van der Waals surface area contributed by atoms with Gasteiger partial charge in [0.25, 0.3) is 0 Å². The minimum Gasteiger partial charge on any atom is -0.595 e. The van der Waals surface area contributed by atoms with E-state index in [0.717, 1.165) is 0 Å². The van der Waals surface area contributed by atoms with Gasteiger partial charge in [-0.15, -0.1) is 0 Å². The monoisotopic (exact) mass is 329 g/mol. The number of carbonyl (C=O) groups excluding carboxylic acids is 2. The number of quaternary nitrogens is 1. The van der Waals surface area contributed by atoms with Gasteiger partial charge in [0.05, 0.1) is 12.7 Å². The molecule has 2 N–H and O–H groups in total. The first-order chi connectivity index (χ1) is 11.5. The molecule has 1 aliphatic heterocycles. The lowest BCUT2D eigenvalue weighted by Gasteiger charge is -2.31. The molecular weight excluding hydrogens is 314 g/mol. The third-order valence-electron chi connectivity index (χ3n) is 3.99. The van der Waals surface area contributed by atoms with Gasteiger partial charge in [0.15, 0.2) is 5.69 Å². The van der Waals surface area contributed by atoms with Crippen molar-refractivity contribution in [2.75, 3.05) is 7.11 Å². The zero-order chi connectivity index (χ0) is 17.3. The second kappa shape index (κ2) is 6.40. The number of benzene rings is 2. The van der Waals surface area contributed by atoms with E-state index in [4.69, 9.17) is 14.7 Å². The van der Waals surface area contributed by atoms with E-state index in [9.17, 15) is 14.8 Å². The van der Waals surface area contributed by atoms with E-state index in [1.165, 1.54) is 31.4 Å². The Hall–Kier alpha value is -2.74. The summed E-state index contributed by atoms with van der Waals surface area (Å²) in [6.45, 7) is 0. The molecule has 1 unspecified atom stereocenters. The zero-order valence-electron chi connectivity index (χ0n) is 12.8. The van der Waals surface area contributed by atoms with Crippen LogP contribution in [-0.4, -0.2) is 24.3 Å². The molecule has 0 fully saturated rings. The molecule has 0 saturated carbocycles. The molecule has 7 nitrogen and oxygen atoms in total. The van der Waals surface area contributed by atoms with Gasteiger partial charge in [-0.25, -0.2) is 10.0 Å². The quantitative estimate of drug-likeness (QED) is 0.649. The van der Waals surface area contributed by atoms with Crippen LogP contribution < -0.4 is 5.23 Å². The van der Waals surface area contributed by atoms with Gasteiger partial charge in [-0.1, -0.05) is 18.2 Å². The summed E-state index contributed by atoms with van der Waals surface area (Å²) in [5.41, 5.74) is 1.49. The summed E-state index contributed by atoms with van der Waals surface area (Å²) in [6, 6.07) is 12.6. The molecule has 3 atom stereocenters. The largest absolute Gasteiger partial charge is 0.595 e. The number of methoxy groups -OCH3 is 1. The molecule has 0 saturated heterocycles. The Balaban J connectivity index is 2.06. The lowest BCUT2D eigenvalue weighted by atomic mass is 9.84. The van der Waals surface area contributed by atoms with Gasteiger partial charge >= 0.3 is 11.9 Å². The number of cyclic esters (lactones) is 1. The van der Waals surface area contributed by atoms with Gasteiger partial charge in [-0.05, 0) is 29.3 Å². The molecule has 2 aromatic carbocycles. The first kappa shape index (κ1) is 16.1. The number of carbonyl (C=O) groups is 2. The number of esters is 2. The molecule has 24 heavy (non-hydrogen) atoms. The average molecular weight is 329 g/mol. The van der Waals surface area contributed by atoms with E-state index >= 15 is 0 Å². The van der Waals surface area contributed by atoms with Crippen LogP contribution in [0.2, 0.25) is 0 Å². The molecule has 0 aliphatic carbocycles. The lowest BCUT2D eigenvalue weighted by Crippen LogP contribution is -2.99. The molecule has 1 aliphatic rings. The van der Waals surface area contributed by atoms with Crippen molar-refractivity contribution in [1.29, 1.82) is 0 Å². The van der Waals surface area contributed by atoms with E-state index < -0.39 is 29.2 Å². The molecular formula is C17H15NO6. The van der Waals surface area contributed by atoms with Gasteiger partial charge in [0.2, 0.25) is 0 Å². The first-order valence-electron chi connectivity index (χ1n) is 7.24. The summed E-state index contributed by atoms with van der Waals surface area (Å²) in [5.74, 6) is -1.86. The number of hydrogen-bond donors (Lipinski definition) is 2. The Morgan fingerprint density at radius 1 is 1.21 bits per heavy atom. The van der Waals surface area contributed by atoms with Crippen LogP contribution in [0.3, 0.4) is 0 Å².